The molecule has 2 rings (SSSR count). The predicted octanol–water partition coefficient (Wildman–Crippen LogP) is 3.59. The first-order valence-electron chi connectivity index (χ1n) is 5.83. The smallest absolute Gasteiger partial charge is 0.271 e. The molecule has 104 valence electrons. The number of ether oxygens (including phenoxy) is 1. The van der Waals surface area contributed by atoms with E-state index >= 15 is 0 Å². The van der Waals surface area contributed by atoms with E-state index in [2.05, 4.69) is 26.5 Å². The first kappa shape index (κ1) is 14.7. The standard InChI is InChI=1S/C14H13BrN2O2S/c1-9-3-5-11(20-9)8-16-17-14(18)10-4-6-13(19-2)12(15)7-10/h3-8H,1-2H3,(H,17,18). The van der Waals surface area contributed by atoms with Gasteiger partial charge >= 0.3 is 0 Å². The number of halogens is 1. The van der Waals surface area contributed by atoms with Crippen LogP contribution in [-0.4, -0.2) is 19.2 Å². The Morgan fingerprint density at radius 1 is 1.40 bits per heavy atom. The lowest BCUT2D eigenvalue weighted by atomic mass is 10.2. The number of methoxy groups -OCH3 is 1. The summed E-state index contributed by atoms with van der Waals surface area (Å²) in [6, 6.07) is 9.07. The van der Waals surface area contributed by atoms with Crippen LogP contribution in [0.25, 0.3) is 0 Å². The zero-order valence-electron chi connectivity index (χ0n) is 11.0. The van der Waals surface area contributed by atoms with E-state index in [4.69, 9.17) is 4.74 Å². The van der Waals surface area contributed by atoms with Gasteiger partial charge < -0.3 is 4.74 Å². The fraction of sp³-hybridized carbons (Fsp3) is 0.143. The molecule has 0 radical (unpaired) electrons. The lowest BCUT2D eigenvalue weighted by molar-refractivity contribution is 0.0955. The summed E-state index contributed by atoms with van der Waals surface area (Å²) in [6.07, 6.45) is 1.63. The maximum absolute atomic E-state index is 11.9. The minimum absolute atomic E-state index is 0.266. The van der Waals surface area contributed by atoms with Gasteiger partial charge in [0.15, 0.2) is 0 Å². The number of benzene rings is 1. The lowest BCUT2D eigenvalue weighted by Crippen LogP contribution is -2.17. The van der Waals surface area contributed by atoms with Crippen molar-refractivity contribution in [3.8, 4) is 5.75 Å². The van der Waals surface area contributed by atoms with Crippen LogP contribution in [0.2, 0.25) is 0 Å². The molecule has 1 N–H and O–H groups in total. The third-order valence-electron chi connectivity index (χ3n) is 2.53. The molecule has 2 aromatic rings. The van der Waals surface area contributed by atoms with Crippen LogP contribution in [0.5, 0.6) is 5.75 Å². The van der Waals surface area contributed by atoms with Gasteiger partial charge in [-0.1, -0.05) is 0 Å². The number of carbonyl (C=O) groups excluding carboxylic acids is 1. The second-order valence-corrected chi connectivity index (χ2v) is 6.17. The average molecular weight is 353 g/mol. The maximum Gasteiger partial charge on any atom is 0.271 e. The van der Waals surface area contributed by atoms with Gasteiger partial charge in [-0.2, -0.15) is 5.10 Å². The van der Waals surface area contributed by atoms with Gasteiger partial charge in [0, 0.05) is 15.3 Å². The number of thiophene rings is 1. The summed E-state index contributed by atoms with van der Waals surface area (Å²) in [5, 5.41) is 3.94. The molecule has 0 fully saturated rings. The quantitative estimate of drug-likeness (QED) is 0.675. The molecular formula is C14H13BrN2O2S. The zero-order valence-corrected chi connectivity index (χ0v) is 13.4. The van der Waals surface area contributed by atoms with Crippen LogP contribution >= 0.6 is 27.3 Å². The van der Waals surface area contributed by atoms with Crippen molar-refractivity contribution < 1.29 is 9.53 Å². The summed E-state index contributed by atoms with van der Waals surface area (Å²) in [6.45, 7) is 2.02. The van der Waals surface area contributed by atoms with Crippen LogP contribution in [0, 0.1) is 6.92 Å². The Labute approximate surface area is 129 Å². The van der Waals surface area contributed by atoms with Gasteiger partial charge in [0.2, 0.25) is 0 Å². The van der Waals surface area contributed by atoms with E-state index in [1.165, 1.54) is 4.88 Å². The topological polar surface area (TPSA) is 50.7 Å². The van der Waals surface area contributed by atoms with E-state index in [0.717, 1.165) is 9.35 Å². The lowest BCUT2D eigenvalue weighted by Gasteiger charge is -2.05. The highest BCUT2D eigenvalue weighted by Crippen LogP contribution is 2.25. The van der Waals surface area contributed by atoms with Gasteiger partial charge in [-0.15, -0.1) is 11.3 Å². The molecule has 0 saturated carbocycles. The molecule has 1 heterocycles. The number of nitrogens with one attached hydrogen (secondary N) is 1. The summed E-state index contributed by atoms with van der Waals surface area (Å²) in [5.74, 6) is 0.414. The highest BCUT2D eigenvalue weighted by molar-refractivity contribution is 9.10. The van der Waals surface area contributed by atoms with Gasteiger partial charge in [0.25, 0.3) is 5.91 Å². The van der Waals surface area contributed by atoms with Crippen LogP contribution in [0.3, 0.4) is 0 Å². The molecule has 1 aromatic carbocycles. The number of aryl methyl sites for hydroxylation is 1. The summed E-state index contributed by atoms with van der Waals surface area (Å²) in [5.41, 5.74) is 3.01. The fourth-order valence-corrected chi connectivity index (χ4v) is 2.84. The van der Waals surface area contributed by atoms with E-state index in [-0.39, 0.29) is 5.91 Å². The Morgan fingerprint density at radius 2 is 2.20 bits per heavy atom. The number of amides is 1. The van der Waals surface area contributed by atoms with Crippen LogP contribution in [0.4, 0.5) is 0 Å². The average Bonchev–Trinajstić information content (AvgIpc) is 2.84. The molecule has 0 atom stereocenters. The van der Waals surface area contributed by atoms with E-state index in [0.29, 0.717) is 11.3 Å². The number of carbonyl (C=O) groups is 1. The van der Waals surface area contributed by atoms with Crippen molar-refractivity contribution in [3.63, 3.8) is 0 Å². The van der Waals surface area contributed by atoms with Gasteiger partial charge in [0.1, 0.15) is 5.75 Å². The maximum atomic E-state index is 11.9. The Bertz CT molecular complexity index is 652. The van der Waals surface area contributed by atoms with Crippen molar-refractivity contribution in [1.29, 1.82) is 0 Å². The summed E-state index contributed by atoms with van der Waals surface area (Å²) < 4.78 is 5.84. The molecular weight excluding hydrogens is 340 g/mol. The molecule has 4 nitrogen and oxygen atoms in total. The molecule has 0 aliphatic rings. The van der Waals surface area contributed by atoms with Crippen molar-refractivity contribution >= 4 is 39.4 Å². The van der Waals surface area contributed by atoms with Crippen LogP contribution in [0.15, 0.2) is 39.9 Å². The van der Waals surface area contributed by atoms with Crippen LogP contribution < -0.4 is 10.2 Å². The van der Waals surface area contributed by atoms with Crippen molar-refractivity contribution in [2.75, 3.05) is 7.11 Å². The second-order valence-electron chi connectivity index (χ2n) is 4.00. The van der Waals surface area contributed by atoms with Crippen molar-refractivity contribution in [2.45, 2.75) is 6.92 Å². The summed E-state index contributed by atoms with van der Waals surface area (Å²) >= 11 is 4.96. The number of hydrazone groups is 1. The molecule has 6 heteroatoms. The van der Waals surface area contributed by atoms with Crippen molar-refractivity contribution in [1.82, 2.24) is 5.43 Å². The molecule has 0 unspecified atom stereocenters. The molecule has 0 saturated heterocycles. The zero-order chi connectivity index (χ0) is 14.5. The summed E-state index contributed by atoms with van der Waals surface area (Å²) in [4.78, 5) is 14.1. The van der Waals surface area contributed by atoms with Gasteiger partial charge in [-0.05, 0) is 53.2 Å². The van der Waals surface area contributed by atoms with E-state index in [9.17, 15) is 4.79 Å². The largest absolute Gasteiger partial charge is 0.496 e. The number of rotatable bonds is 4. The van der Waals surface area contributed by atoms with Gasteiger partial charge in [-0.3, -0.25) is 4.79 Å². The highest BCUT2D eigenvalue weighted by atomic mass is 79.9. The van der Waals surface area contributed by atoms with E-state index in [1.54, 1.807) is 42.9 Å². The van der Waals surface area contributed by atoms with Crippen molar-refractivity contribution in [3.05, 3.63) is 50.1 Å². The molecule has 0 aliphatic heterocycles. The summed E-state index contributed by atoms with van der Waals surface area (Å²) in [7, 11) is 1.58. The normalized spacial score (nSPS) is 10.8. The minimum Gasteiger partial charge on any atom is -0.496 e. The molecule has 0 spiro atoms. The predicted molar refractivity (Wildman–Crippen MR) is 84.8 cm³/mol. The Balaban J connectivity index is 2.01. The number of nitrogens with zero attached hydrogens (tertiary/aromatic N) is 1. The first-order valence-corrected chi connectivity index (χ1v) is 7.44. The third-order valence-corrected chi connectivity index (χ3v) is 4.09. The Morgan fingerprint density at radius 3 is 2.80 bits per heavy atom. The second kappa shape index (κ2) is 6.67. The molecule has 20 heavy (non-hydrogen) atoms. The molecule has 1 amide bonds. The van der Waals surface area contributed by atoms with Crippen molar-refractivity contribution in [2.24, 2.45) is 5.10 Å². The Hall–Kier alpha value is -1.66. The minimum atomic E-state index is -0.266. The Kier molecular flexibility index (Phi) is 4.92. The number of hydrogen-bond acceptors (Lipinski definition) is 4. The fourth-order valence-electron chi connectivity index (χ4n) is 1.55. The first-order chi connectivity index (χ1) is 9.60. The van der Waals surface area contributed by atoms with Gasteiger partial charge in [0.05, 0.1) is 17.8 Å². The highest BCUT2D eigenvalue weighted by Gasteiger charge is 2.07. The molecule has 1 aromatic heterocycles. The van der Waals surface area contributed by atoms with Crippen LogP contribution in [0.1, 0.15) is 20.1 Å². The van der Waals surface area contributed by atoms with Gasteiger partial charge in [-0.25, -0.2) is 5.43 Å². The molecule has 0 aliphatic carbocycles. The van der Waals surface area contributed by atoms with E-state index in [1.807, 2.05) is 19.1 Å². The monoisotopic (exact) mass is 352 g/mol. The van der Waals surface area contributed by atoms with Crippen LogP contribution in [-0.2, 0) is 0 Å². The molecule has 0 bridgehead atoms. The third kappa shape index (κ3) is 3.68. The number of hydrogen-bond donors (Lipinski definition) is 1. The SMILES string of the molecule is COc1ccc(C(=O)NN=Cc2ccc(C)s2)cc1Br. The van der Waals surface area contributed by atoms with E-state index < -0.39 is 0 Å².